The van der Waals surface area contributed by atoms with Crippen molar-refractivity contribution in [2.75, 3.05) is 13.2 Å². The molecule has 1 saturated heterocycles. The van der Waals surface area contributed by atoms with Gasteiger partial charge < -0.3 is 9.84 Å². The Bertz CT molecular complexity index is 407. The van der Waals surface area contributed by atoms with Gasteiger partial charge in [0.2, 0.25) is 0 Å². The van der Waals surface area contributed by atoms with E-state index in [9.17, 15) is 9.90 Å². The van der Waals surface area contributed by atoms with Gasteiger partial charge in [0.25, 0.3) is 0 Å². The fourth-order valence-electron chi connectivity index (χ4n) is 2.67. The summed E-state index contributed by atoms with van der Waals surface area (Å²) in [5.74, 6) is 0.116. The molecule has 1 aromatic rings. The van der Waals surface area contributed by atoms with Crippen molar-refractivity contribution in [2.45, 2.75) is 38.3 Å². The maximum atomic E-state index is 11.3. The summed E-state index contributed by atoms with van der Waals surface area (Å²) in [6.45, 7) is 3.28. The molecule has 4 heteroatoms. The average Bonchev–Trinajstić information content (AvgIpc) is 2.41. The Morgan fingerprint density at radius 2 is 2.11 bits per heavy atom. The summed E-state index contributed by atoms with van der Waals surface area (Å²) in [6, 6.07) is 9.58. The standard InChI is InChI=1S/C15H21NO3/c1-12-6-5-9-14(15(17)18)16(12)10-11-19-13-7-3-2-4-8-13/h2-4,7-8,12,14H,5-6,9-11H2,1H3,(H,17,18)/t12-,14-/m0/s1. The largest absolute Gasteiger partial charge is 0.492 e. The zero-order valence-corrected chi connectivity index (χ0v) is 11.3. The van der Waals surface area contributed by atoms with E-state index in [1.807, 2.05) is 30.3 Å². The highest BCUT2D eigenvalue weighted by molar-refractivity contribution is 5.73. The maximum Gasteiger partial charge on any atom is 0.320 e. The van der Waals surface area contributed by atoms with Crippen LogP contribution >= 0.6 is 0 Å². The molecule has 19 heavy (non-hydrogen) atoms. The third kappa shape index (κ3) is 3.70. The van der Waals surface area contributed by atoms with Crippen LogP contribution in [0, 0.1) is 0 Å². The summed E-state index contributed by atoms with van der Waals surface area (Å²) in [7, 11) is 0. The van der Waals surface area contributed by atoms with E-state index in [1.54, 1.807) is 0 Å². The summed E-state index contributed by atoms with van der Waals surface area (Å²) >= 11 is 0. The molecule has 1 aliphatic heterocycles. The Hall–Kier alpha value is -1.55. The third-order valence-corrected chi connectivity index (χ3v) is 3.71. The molecule has 0 aliphatic carbocycles. The lowest BCUT2D eigenvalue weighted by Gasteiger charge is -2.38. The molecular weight excluding hydrogens is 242 g/mol. The molecule has 0 bridgehead atoms. The number of carboxylic acid groups (broad SMARTS) is 1. The molecule has 0 radical (unpaired) electrons. The second-order valence-corrected chi connectivity index (χ2v) is 5.03. The first kappa shape index (κ1) is 13.9. The number of hydrogen-bond acceptors (Lipinski definition) is 3. The van der Waals surface area contributed by atoms with Gasteiger partial charge in [-0.1, -0.05) is 18.2 Å². The van der Waals surface area contributed by atoms with Crippen molar-refractivity contribution in [3.63, 3.8) is 0 Å². The molecule has 2 rings (SSSR count). The molecule has 0 unspecified atom stereocenters. The molecular formula is C15H21NO3. The number of piperidine rings is 1. The molecule has 0 saturated carbocycles. The van der Waals surface area contributed by atoms with Crippen molar-refractivity contribution in [3.05, 3.63) is 30.3 Å². The predicted molar refractivity (Wildman–Crippen MR) is 73.4 cm³/mol. The summed E-state index contributed by atoms with van der Waals surface area (Å²) in [4.78, 5) is 13.3. The van der Waals surface area contributed by atoms with Crippen molar-refractivity contribution in [1.29, 1.82) is 0 Å². The Labute approximate surface area is 114 Å². The number of likely N-dealkylation sites (tertiary alicyclic amines) is 1. The summed E-state index contributed by atoms with van der Waals surface area (Å²) < 4.78 is 5.65. The van der Waals surface area contributed by atoms with Crippen molar-refractivity contribution in [1.82, 2.24) is 4.90 Å². The number of rotatable bonds is 5. The van der Waals surface area contributed by atoms with E-state index in [2.05, 4.69) is 11.8 Å². The Balaban J connectivity index is 1.87. The summed E-state index contributed by atoms with van der Waals surface area (Å²) in [6.07, 6.45) is 2.80. The van der Waals surface area contributed by atoms with Crippen LogP contribution in [0.5, 0.6) is 5.75 Å². The van der Waals surface area contributed by atoms with Gasteiger partial charge in [-0.05, 0) is 38.3 Å². The van der Waals surface area contributed by atoms with E-state index < -0.39 is 5.97 Å². The van der Waals surface area contributed by atoms with Crippen LogP contribution in [0.2, 0.25) is 0 Å². The minimum absolute atomic E-state index is 0.314. The SMILES string of the molecule is C[C@H]1CCC[C@@H](C(=O)O)N1CCOc1ccccc1. The Kier molecular flexibility index (Phi) is 4.80. The molecule has 2 atom stereocenters. The molecule has 1 heterocycles. The van der Waals surface area contributed by atoms with Gasteiger partial charge in [-0.2, -0.15) is 0 Å². The number of benzene rings is 1. The molecule has 1 aromatic carbocycles. The van der Waals surface area contributed by atoms with Crippen LogP contribution in [0.3, 0.4) is 0 Å². The lowest BCUT2D eigenvalue weighted by atomic mass is 9.96. The van der Waals surface area contributed by atoms with Gasteiger partial charge >= 0.3 is 5.97 Å². The number of ether oxygens (including phenoxy) is 1. The van der Waals surface area contributed by atoms with E-state index in [0.717, 1.165) is 25.0 Å². The second-order valence-electron chi connectivity index (χ2n) is 5.03. The van der Waals surface area contributed by atoms with Crippen molar-refractivity contribution in [3.8, 4) is 5.75 Å². The van der Waals surface area contributed by atoms with Gasteiger partial charge in [-0.3, -0.25) is 9.69 Å². The zero-order valence-electron chi connectivity index (χ0n) is 11.3. The molecule has 0 amide bonds. The highest BCUT2D eigenvalue weighted by atomic mass is 16.5. The van der Waals surface area contributed by atoms with Crippen LogP contribution in [0.4, 0.5) is 0 Å². The van der Waals surface area contributed by atoms with Crippen LogP contribution in [0.25, 0.3) is 0 Å². The fraction of sp³-hybridized carbons (Fsp3) is 0.533. The van der Waals surface area contributed by atoms with Gasteiger partial charge in [0.15, 0.2) is 0 Å². The van der Waals surface area contributed by atoms with E-state index in [-0.39, 0.29) is 6.04 Å². The van der Waals surface area contributed by atoms with Crippen LogP contribution in [0.15, 0.2) is 30.3 Å². The normalized spacial score (nSPS) is 24.1. The molecule has 104 valence electrons. The van der Waals surface area contributed by atoms with E-state index in [4.69, 9.17) is 4.74 Å². The monoisotopic (exact) mass is 263 g/mol. The number of nitrogens with zero attached hydrogens (tertiary/aromatic N) is 1. The maximum absolute atomic E-state index is 11.3. The Morgan fingerprint density at radius 1 is 1.37 bits per heavy atom. The van der Waals surface area contributed by atoms with Gasteiger partial charge in [-0.25, -0.2) is 0 Å². The van der Waals surface area contributed by atoms with Crippen molar-refractivity contribution in [2.24, 2.45) is 0 Å². The van der Waals surface area contributed by atoms with Gasteiger partial charge in [0.1, 0.15) is 18.4 Å². The molecule has 4 nitrogen and oxygen atoms in total. The zero-order chi connectivity index (χ0) is 13.7. The van der Waals surface area contributed by atoms with Crippen molar-refractivity contribution < 1.29 is 14.6 Å². The highest BCUT2D eigenvalue weighted by Crippen LogP contribution is 2.22. The third-order valence-electron chi connectivity index (χ3n) is 3.71. The average molecular weight is 263 g/mol. The summed E-state index contributed by atoms with van der Waals surface area (Å²) in [5, 5.41) is 9.26. The van der Waals surface area contributed by atoms with Crippen molar-refractivity contribution >= 4 is 5.97 Å². The molecule has 1 N–H and O–H groups in total. The van der Waals surface area contributed by atoms with Crippen LogP contribution in [-0.2, 0) is 4.79 Å². The minimum Gasteiger partial charge on any atom is -0.492 e. The number of carbonyl (C=O) groups is 1. The number of hydrogen-bond donors (Lipinski definition) is 1. The lowest BCUT2D eigenvalue weighted by molar-refractivity contribution is -0.146. The Morgan fingerprint density at radius 3 is 2.79 bits per heavy atom. The van der Waals surface area contributed by atoms with Crippen LogP contribution in [-0.4, -0.2) is 41.2 Å². The fourth-order valence-corrected chi connectivity index (χ4v) is 2.67. The minimum atomic E-state index is -0.716. The predicted octanol–water partition coefficient (Wildman–Crippen LogP) is 2.39. The molecule has 1 aliphatic rings. The van der Waals surface area contributed by atoms with Gasteiger partial charge in [0.05, 0.1) is 0 Å². The molecule has 1 fully saturated rings. The number of carboxylic acids is 1. The van der Waals surface area contributed by atoms with E-state index >= 15 is 0 Å². The first-order valence-electron chi connectivity index (χ1n) is 6.85. The van der Waals surface area contributed by atoms with Crippen LogP contribution < -0.4 is 4.74 Å². The number of para-hydroxylation sites is 1. The summed E-state index contributed by atoms with van der Waals surface area (Å²) in [5.41, 5.74) is 0. The van der Waals surface area contributed by atoms with E-state index in [1.165, 1.54) is 0 Å². The molecule has 0 aromatic heterocycles. The molecule has 0 spiro atoms. The second kappa shape index (κ2) is 6.57. The first-order chi connectivity index (χ1) is 9.18. The van der Waals surface area contributed by atoms with E-state index in [0.29, 0.717) is 19.2 Å². The van der Waals surface area contributed by atoms with Crippen LogP contribution in [0.1, 0.15) is 26.2 Å². The quantitative estimate of drug-likeness (QED) is 0.886. The highest BCUT2D eigenvalue weighted by Gasteiger charge is 2.32. The smallest absolute Gasteiger partial charge is 0.320 e. The van der Waals surface area contributed by atoms with Gasteiger partial charge in [-0.15, -0.1) is 0 Å². The lowest BCUT2D eigenvalue weighted by Crippen LogP contribution is -2.50. The first-order valence-corrected chi connectivity index (χ1v) is 6.85. The number of aliphatic carboxylic acids is 1. The van der Waals surface area contributed by atoms with Gasteiger partial charge in [0, 0.05) is 12.6 Å². The topological polar surface area (TPSA) is 49.8 Å².